The van der Waals surface area contributed by atoms with Crippen molar-refractivity contribution in [2.75, 3.05) is 13.7 Å². The average Bonchev–Trinajstić information content (AvgIpc) is 2.52. The van der Waals surface area contributed by atoms with Gasteiger partial charge in [-0.2, -0.15) is 0 Å². The van der Waals surface area contributed by atoms with Crippen LogP contribution in [0.3, 0.4) is 0 Å². The van der Waals surface area contributed by atoms with Crippen LogP contribution in [0.25, 0.3) is 0 Å². The number of hydrogen-bond donors (Lipinski definition) is 2. The van der Waals surface area contributed by atoms with Crippen molar-refractivity contribution in [2.24, 2.45) is 0 Å². The molecule has 21 heavy (non-hydrogen) atoms. The quantitative estimate of drug-likeness (QED) is 0.858. The smallest absolute Gasteiger partial charge is 0.129 e. The molecule has 0 amide bonds. The van der Waals surface area contributed by atoms with Gasteiger partial charge in [-0.3, -0.25) is 0 Å². The molecule has 2 aromatic rings. The summed E-state index contributed by atoms with van der Waals surface area (Å²) in [6.45, 7) is 2.27. The maximum absolute atomic E-state index is 13.6. The third-order valence-electron chi connectivity index (χ3n) is 3.48. The van der Waals surface area contributed by atoms with Crippen molar-refractivity contribution in [3.63, 3.8) is 0 Å². The highest BCUT2D eigenvalue weighted by atomic mass is 19.1. The number of nitrogens with one attached hydrogen (secondary N) is 1. The van der Waals surface area contributed by atoms with Gasteiger partial charge in [0.2, 0.25) is 0 Å². The van der Waals surface area contributed by atoms with Gasteiger partial charge in [0.15, 0.2) is 0 Å². The minimum atomic E-state index is -0.876. The molecule has 0 radical (unpaired) electrons. The molecule has 2 aromatic carbocycles. The molecule has 1 unspecified atom stereocenters. The molecule has 0 fully saturated rings. The van der Waals surface area contributed by atoms with Crippen molar-refractivity contribution >= 4 is 0 Å². The van der Waals surface area contributed by atoms with Crippen molar-refractivity contribution in [3.8, 4) is 5.75 Å². The molecule has 0 spiro atoms. The molecule has 112 valence electrons. The van der Waals surface area contributed by atoms with E-state index < -0.39 is 6.10 Å². The predicted molar refractivity (Wildman–Crippen MR) is 80.8 cm³/mol. The molecule has 0 saturated heterocycles. The highest BCUT2D eigenvalue weighted by molar-refractivity contribution is 5.30. The molecular weight excluding hydrogens is 269 g/mol. The molecule has 2 atom stereocenters. The molecule has 0 aliphatic rings. The molecule has 0 aliphatic carbocycles. The Kier molecular flexibility index (Phi) is 5.31. The molecule has 0 aromatic heterocycles. The van der Waals surface area contributed by atoms with E-state index in [9.17, 15) is 9.50 Å². The van der Waals surface area contributed by atoms with E-state index in [1.807, 2.05) is 31.2 Å². The number of rotatable bonds is 6. The number of benzene rings is 2. The van der Waals surface area contributed by atoms with E-state index >= 15 is 0 Å². The summed E-state index contributed by atoms with van der Waals surface area (Å²) in [5, 5.41) is 13.3. The Bertz CT molecular complexity index is 589. The second-order valence-electron chi connectivity index (χ2n) is 4.94. The van der Waals surface area contributed by atoms with Gasteiger partial charge in [0.05, 0.1) is 13.2 Å². The minimum Gasteiger partial charge on any atom is -0.497 e. The lowest BCUT2D eigenvalue weighted by molar-refractivity contribution is 0.166. The van der Waals surface area contributed by atoms with Crippen LogP contribution in [-0.4, -0.2) is 18.8 Å². The summed E-state index contributed by atoms with van der Waals surface area (Å²) in [4.78, 5) is 0. The van der Waals surface area contributed by atoms with Gasteiger partial charge in [-0.15, -0.1) is 0 Å². The molecule has 2 N–H and O–H groups in total. The molecule has 0 aliphatic heterocycles. The molecule has 3 nitrogen and oxygen atoms in total. The Morgan fingerprint density at radius 1 is 1.19 bits per heavy atom. The Morgan fingerprint density at radius 2 is 1.95 bits per heavy atom. The standard InChI is InChI=1S/C17H20FNO2/c1-12(13-6-5-7-14(10-13)21-2)19-11-17(20)15-8-3-4-9-16(15)18/h3-10,12,17,19-20H,11H2,1-2H3/t12-,17?/m0/s1. The normalized spacial score (nSPS) is 13.7. The first-order valence-electron chi connectivity index (χ1n) is 6.91. The van der Waals surface area contributed by atoms with E-state index in [0.29, 0.717) is 5.56 Å². The summed E-state index contributed by atoms with van der Waals surface area (Å²) >= 11 is 0. The van der Waals surface area contributed by atoms with Gasteiger partial charge < -0.3 is 15.2 Å². The summed E-state index contributed by atoms with van der Waals surface area (Å²) in [6, 6.07) is 14.0. The fourth-order valence-corrected chi connectivity index (χ4v) is 2.17. The third kappa shape index (κ3) is 4.03. The zero-order chi connectivity index (χ0) is 15.2. The number of ether oxygens (including phenoxy) is 1. The number of hydrogen-bond acceptors (Lipinski definition) is 3. The van der Waals surface area contributed by atoms with Crippen LogP contribution in [0, 0.1) is 5.82 Å². The maximum atomic E-state index is 13.6. The molecule has 4 heteroatoms. The predicted octanol–water partition coefficient (Wildman–Crippen LogP) is 3.22. The van der Waals surface area contributed by atoms with E-state index in [4.69, 9.17) is 4.74 Å². The Labute approximate surface area is 124 Å². The SMILES string of the molecule is COc1cccc([C@H](C)NCC(O)c2ccccc2F)c1. The summed E-state index contributed by atoms with van der Waals surface area (Å²) in [7, 11) is 1.62. The fraction of sp³-hybridized carbons (Fsp3) is 0.294. The van der Waals surface area contributed by atoms with Crippen LogP contribution < -0.4 is 10.1 Å². The first kappa shape index (κ1) is 15.5. The summed E-state index contributed by atoms with van der Waals surface area (Å²) in [5.74, 6) is 0.400. The summed E-state index contributed by atoms with van der Waals surface area (Å²) in [5.41, 5.74) is 1.36. The molecule has 2 rings (SSSR count). The van der Waals surface area contributed by atoms with Crippen LogP contribution in [-0.2, 0) is 0 Å². The van der Waals surface area contributed by atoms with Crippen molar-refractivity contribution < 1.29 is 14.2 Å². The number of methoxy groups -OCH3 is 1. The van der Waals surface area contributed by atoms with Crippen molar-refractivity contribution in [1.82, 2.24) is 5.32 Å². The highest BCUT2D eigenvalue weighted by Gasteiger charge is 2.14. The van der Waals surface area contributed by atoms with Crippen LogP contribution >= 0.6 is 0 Å². The van der Waals surface area contributed by atoms with Gasteiger partial charge >= 0.3 is 0 Å². The summed E-state index contributed by atoms with van der Waals surface area (Å²) < 4.78 is 18.8. The molecule has 0 bridgehead atoms. The topological polar surface area (TPSA) is 41.5 Å². The first-order chi connectivity index (χ1) is 10.1. The minimum absolute atomic E-state index is 0.0292. The van der Waals surface area contributed by atoms with Crippen LogP contribution in [0.2, 0.25) is 0 Å². The number of halogens is 1. The highest BCUT2D eigenvalue weighted by Crippen LogP contribution is 2.20. The third-order valence-corrected chi connectivity index (χ3v) is 3.48. The van der Waals surface area contributed by atoms with Gasteiger partial charge in [0.1, 0.15) is 11.6 Å². The van der Waals surface area contributed by atoms with Crippen molar-refractivity contribution in [1.29, 1.82) is 0 Å². The lowest BCUT2D eigenvalue weighted by Crippen LogP contribution is -2.25. The van der Waals surface area contributed by atoms with Gasteiger partial charge in [-0.1, -0.05) is 30.3 Å². The molecular formula is C17H20FNO2. The zero-order valence-corrected chi connectivity index (χ0v) is 12.2. The van der Waals surface area contributed by atoms with Crippen molar-refractivity contribution in [3.05, 3.63) is 65.5 Å². The van der Waals surface area contributed by atoms with E-state index in [-0.39, 0.29) is 18.4 Å². The van der Waals surface area contributed by atoms with Gasteiger partial charge in [0.25, 0.3) is 0 Å². The van der Waals surface area contributed by atoms with Crippen LogP contribution in [0.5, 0.6) is 5.75 Å². The van der Waals surface area contributed by atoms with Gasteiger partial charge in [0, 0.05) is 18.2 Å². The average molecular weight is 289 g/mol. The van der Waals surface area contributed by atoms with Gasteiger partial charge in [-0.25, -0.2) is 4.39 Å². The van der Waals surface area contributed by atoms with Crippen LogP contribution in [0.4, 0.5) is 4.39 Å². The molecule has 0 heterocycles. The van der Waals surface area contributed by atoms with Crippen molar-refractivity contribution in [2.45, 2.75) is 19.1 Å². The van der Waals surface area contributed by atoms with Gasteiger partial charge in [-0.05, 0) is 30.7 Å². The lowest BCUT2D eigenvalue weighted by atomic mass is 10.1. The van der Waals surface area contributed by atoms with E-state index in [0.717, 1.165) is 11.3 Å². The largest absolute Gasteiger partial charge is 0.497 e. The number of aliphatic hydroxyl groups excluding tert-OH is 1. The van der Waals surface area contributed by atoms with E-state index in [1.165, 1.54) is 6.07 Å². The maximum Gasteiger partial charge on any atom is 0.129 e. The Balaban J connectivity index is 1.97. The molecule has 0 saturated carbocycles. The Morgan fingerprint density at radius 3 is 2.67 bits per heavy atom. The van der Waals surface area contributed by atoms with Crippen LogP contribution in [0.15, 0.2) is 48.5 Å². The van der Waals surface area contributed by atoms with E-state index in [1.54, 1.807) is 25.3 Å². The van der Waals surface area contributed by atoms with Crippen LogP contribution in [0.1, 0.15) is 30.2 Å². The second kappa shape index (κ2) is 7.20. The summed E-state index contributed by atoms with van der Waals surface area (Å²) in [6.07, 6.45) is -0.876. The second-order valence-corrected chi connectivity index (χ2v) is 4.94. The zero-order valence-electron chi connectivity index (χ0n) is 12.2. The number of aliphatic hydroxyl groups is 1. The Hall–Kier alpha value is -1.91. The van der Waals surface area contributed by atoms with E-state index in [2.05, 4.69) is 5.32 Å². The lowest BCUT2D eigenvalue weighted by Gasteiger charge is -2.18. The first-order valence-corrected chi connectivity index (χ1v) is 6.91. The monoisotopic (exact) mass is 289 g/mol. The fourth-order valence-electron chi connectivity index (χ4n) is 2.17.